The van der Waals surface area contributed by atoms with E-state index in [1.54, 1.807) is 24.3 Å². The van der Waals surface area contributed by atoms with Gasteiger partial charge >= 0.3 is 5.69 Å². The maximum absolute atomic E-state index is 12.8. The lowest BCUT2D eigenvalue weighted by Gasteiger charge is -2.18. The van der Waals surface area contributed by atoms with Crippen LogP contribution in [0.4, 0.5) is 0 Å². The Kier molecular flexibility index (Phi) is 5.07. The number of rotatable bonds is 5. The van der Waals surface area contributed by atoms with Crippen molar-refractivity contribution in [3.8, 4) is 0 Å². The number of nitrogens with one attached hydrogen (secondary N) is 2. The fraction of sp³-hybridized carbons (Fsp3) is 0.0870. The van der Waals surface area contributed by atoms with Gasteiger partial charge in [0.2, 0.25) is 5.91 Å². The first-order valence-electron chi connectivity index (χ1n) is 9.27. The Morgan fingerprint density at radius 3 is 2.00 bits per heavy atom. The summed E-state index contributed by atoms with van der Waals surface area (Å²) in [6.07, 6.45) is 0.0900. The van der Waals surface area contributed by atoms with Gasteiger partial charge in [-0.15, -0.1) is 0 Å². The van der Waals surface area contributed by atoms with Crippen molar-refractivity contribution in [2.45, 2.75) is 12.3 Å². The lowest BCUT2D eigenvalue weighted by molar-refractivity contribution is -0.117. The molecule has 3 aromatic carbocycles. The first kappa shape index (κ1) is 18.4. The molecule has 1 amide bonds. The predicted molar refractivity (Wildman–Crippen MR) is 113 cm³/mol. The van der Waals surface area contributed by atoms with Crippen molar-refractivity contribution < 1.29 is 4.79 Å². The van der Waals surface area contributed by atoms with E-state index in [2.05, 4.69) is 10.4 Å². The normalized spacial score (nSPS) is 10.9. The van der Waals surface area contributed by atoms with Crippen LogP contribution in [0.5, 0.6) is 0 Å². The summed E-state index contributed by atoms with van der Waals surface area (Å²) in [6.45, 7) is 0. The molecule has 0 bridgehead atoms. The largest absolute Gasteiger partial charge is 0.348 e. The van der Waals surface area contributed by atoms with E-state index >= 15 is 0 Å². The highest BCUT2D eigenvalue weighted by atomic mass is 16.2. The van der Waals surface area contributed by atoms with Gasteiger partial charge in [0.15, 0.2) is 0 Å². The first-order valence-corrected chi connectivity index (χ1v) is 9.27. The molecule has 0 aliphatic rings. The molecule has 0 aliphatic carbocycles. The van der Waals surface area contributed by atoms with Crippen LogP contribution in [0.3, 0.4) is 0 Å². The molecule has 0 atom stereocenters. The number of amides is 1. The van der Waals surface area contributed by atoms with Gasteiger partial charge in [-0.1, -0.05) is 72.8 Å². The van der Waals surface area contributed by atoms with Crippen molar-refractivity contribution in [3.05, 3.63) is 117 Å². The minimum atomic E-state index is -0.682. The van der Waals surface area contributed by atoms with Crippen LogP contribution in [0, 0.1) is 0 Å². The standard InChI is InChI=1S/C23H19N3O3/c27-21(25-26-22(28)18-13-7-8-14-20(18)24-23(26)29)15-19(16-9-3-1-4-10-16)17-11-5-2-6-12-17/h1-14,19H,15H2,(H,24,29)(H,25,27). The molecule has 0 saturated heterocycles. The Bertz CT molecular complexity index is 1220. The van der Waals surface area contributed by atoms with Crippen LogP contribution in [-0.2, 0) is 4.79 Å². The minimum Gasteiger partial charge on any atom is -0.305 e. The molecule has 4 aromatic rings. The zero-order valence-corrected chi connectivity index (χ0v) is 15.5. The molecular formula is C23H19N3O3. The molecule has 0 spiro atoms. The van der Waals surface area contributed by atoms with Crippen molar-refractivity contribution in [1.29, 1.82) is 0 Å². The van der Waals surface area contributed by atoms with E-state index in [0.29, 0.717) is 10.9 Å². The summed E-state index contributed by atoms with van der Waals surface area (Å²) in [7, 11) is 0. The van der Waals surface area contributed by atoms with Gasteiger partial charge in [0, 0.05) is 12.3 Å². The van der Waals surface area contributed by atoms with Crippen LogP contribution >= 0.6 is 0 Å². The predicted octanol–water partition coefficient (Wildman–Crippen LogP) is 2.98. The van der Waals surface area contributed by atoms with Crippen molar-refractivity contribution >= 4 is 16.8 Å². The number of carbonyl (C=O) groups is 1. The van der Waals surface area contributed by atoms with Gasteiger partial charge < -0.3 is 4.98 Å². The second-order valence-electron chi connectivity index (χ2n) is 6.73. The molecule has 1 heterocycles. The highest BCUT2D eigenvalue weighted by Gasteiger charge is 2.19. The monoisotopic (exact) mass is 385 g/mol. The van der Waals surface area contributed by atoms with Crippen LogP contribution in [0.2, 0.25) is 0 Å². The zero-order valence-electron chi connectivity index (χ0n) is 15.5. The third-order valence-electron chi connectivity index (χ3n) is 4.84. The molecule has 29 heavy (non-hydrogen) atoms. The summed E-state index contributed by atoms with van der Waals surface area (Å²) in [4.78, 5) is 40.3. The molecule has 4 rings (SSSR count). The van der Waals surface area contributed by atoms with Crippen LogP contribution in [-0.4, -0.2) is 15.6 Å². The van der Waals surface area contributed by atoms with Gasteiger partial charge in [-0.2, -0.15) is 4.68 Å². The molecule has 2 N–H and O–H groups in total. The lowest BCUT2D eigenvalue weighted by Crippen LogP contribution is -2.43. The van der Waals surface area contributed by atoms with Gasteiger partial charge in [-0.25, -0.2) is 4.79 Å². The molecule has 0 saturated carbocycles. The van der Waals surface area contributed by atoms with E-state index < -0.39 is 17.2 Å². The Labute approximate surface area is 166 Å². The molecule has 0 unspecified atom stereocenters. The second kappa shape index (κ2) is 7.98. The molecule has 0 aliphatic heterocycles. The number of aromatic amines is 1. The highest BCUT2D eigenvalue weighted by molar-refractivity contribution is 5.85. The van der Waals surface area contributed by atoms with Crippen LogP contribution in [0.25, 0.3) is 10.9 Å². The van der Waals surface area contributed by atoms with E-state index in [0.717, 1.165) is 15.8 Å². The van der Waals surface area contributed by atoms with Crippen LogP contribution < -0.4 is 16.7 Å². The lowest BCUT2D eigenvalue weighted by atomic mass is 9.88. The van der Waals surface area contributed by atoms with Gasteiger partial charge in [-0.05, 0) is 23.3 Å². The molecule has 0 fully saturated rings. The summed E-state index contributed by atoms with van der Waals surface area (Å²) >= 11 is 0. The van der Waals surface area contributed by atoms with Gasteiger partial charge in [0.1, 0.15) is 0 Å². The minimum absolute atomic E-state index is 0.0900. The van der Waals surface area contributed by atoms with E-state index in [1.165, 1.54) is 0 Å². The van der Waals surface area contributed by atoms with Crippen molar-refractivity contribution in [3.63, 3.8) is 0 Å². The third-order valence-corrected chi connectivity index (χ3v) is 4.84. The number of benzene rings is 3. The van der Waals surface area contributed by atoms with Crippen LogP contribution in [0.15, 0.2) is 94.5 Å². The number of nitrogens with zero attached hydrogens (tertiary/aromatic N) is 1. The Morgan fingerprint density at radius 2 is 1.38 bits per heavy atom. The number of aromatic nitrogens is 2. The van der Waals surface area contributed by atoms with Crippen molar-refractivity contribution in [2.24, 2.45) is 0 Å². The first-order chi connectivity index (χ1) is 14.1. The topological polar surface area (TPSA) is 84.0 Å². The number of carbonyl (C=O) groups excluding carboxylic acids is 1. The highest BCUT2D eigenvalue weighted by Crippen LogP contribution is 2.27. The summed E-state index contributed by atoms with van der Waals surface area (Å²) in [5, 5.41) is 0.329. The van der Waals surface area contributed by atoms with Gasteiger partial charge in [0.05, 0.1) is 10.9 Å². The molecule has 6 nitrogen and oxygen atoms in total. The Hall–Kier alpha value is -3.93. The quantitative estimate of drug-likeness (QED) is 0.554. The van der Waals surface area contributed by atoms with Crippen LogP contribution in [0.1, 0.15) is 23.5 Å². The average Bonchev–Trinajstić information content (AvgIpc) is 2.76. The average molecular weight is 385 g/mol. The number of H-pyrrole nitrogens is 1. The number of hydrogen-bond donors (Lipinski definition) is 2. The maximum atomic E-state index is 12.8. The number of hydrogen-bond acceptors (Lipinski definition) is 3. The van der Waals surface area contributed by atoms with E-state index in [9.17, 15) is 14.4 Å². The van der Waals surface area contributed by atoms with Gasteiger partial charge in [0.25, 0.3) is 5.56 Å². The molecular weight excluding hydrogens is 366 g/mol. The zero-order chi connectivity index (χ0) is 20.2. The van der Waals surface area contributed by atoms with E-state index in [-0.39, 0.29) is 12.3 Å². The smallest absolute Gasteiger partial charge is 0.305 e. The summed E-state index contributed by atoms with van der Waals surface area (Å²) in [6, 6.07) is 26.0. The SMILES string of the molecule is O=C(CC(c1ccccc1)c1ccccc1)Nn1c(=O)[nH]c2ccccc2c1=O. The summed E-state index contributed by atoms with van der Waals surface area (Å²) < 4.78 is 0.734. The maximum Gasteiger partial charge on any atom is 0.348 e. The number of fused-ring (bicyclic) bond motifs is 1. The van der Waals surface area contributed by atoms with Gasteiger partial charge in [-0.3, -0.25) is 15.0 Å². The number of para-hydroxylation sites is 1. The summed E-state index contributed by atoms with van der Waals surface area (Å²) in [5.41, 5.74) is 3.61. The fourth-order valence-corrected chi connectivity index (χ4v) is 3.42. The third kappa shape index (κ3) is 3.87. The molecule has 144 valence electrons. The molecule has 0 radical (unpaired) electrons. The van der Waals surface area contributed by atoms with Crippen molar-refractivity contribution in [1.82, 2.24) is 9.66 Å². The Morgan fingerprint density at radius 1 is 0.828 bits per heavy atom. The Balaban J connectivity index is 1.65. The molecule has 1 aromatic heterocycles. The fourth-order valence-electron chi connectivity index (χ4n) is 3.42. The second-order valence-corrected chi connectivity index (χ2v) is 6.73. The summed E-state index contributed by atoms with van der Waals surface area (Å²) in [5.74, 6) is -0.627. The van der Waals surface area contributed by atoms with E-state index in [4.69, 9.17) is 0 Å². The van der Waals surface area contributed by atoms with E-state index in [1.807, 2.05) is 60.7 Å². The van der Waals surface area contributed by atoms with Crippen molar-refractivity contribution in [2.75, 3.05) is 5.43 Å². The molecule has 6 heteroatoms.